The molecule has 1 heterocycles. The van der Waals surface area contributed by atoms with Crippen molar-refractivity contribution >= 4 is 18.0 Å². The van der Waals surface area contributed by atoms with Crippen LogP contribution in [0.1, 0.15) is 36.3 Å². The Hall–Kier alpha value is -3.39. The molecule has 3 aliphatic rings. The molecule has 5 rings (SSSR count). The van der Waals surface area contributed by atoms with E-state index in [1.807, 2.05) is 36.4 Å². The molecule has 1 saturated heterocycles. The lowest BCUT2D eigenvalue weighted by Crippen LogP contribution is -2.73. The molecule has 1 aliphatic heterocycles. The first-order chi connectivity index (χ1) is 15.3. The molecule has 2 fully saturated rings. The van der Waals surface area contributed by atoms with E-state index in [-0.39, 0.29) is 31.5 Å². The summed E-state index contributed by atoms with van der Waals surface area (Å²) < 4.78 is 5.57. The topological polar surface area (TPSA) is 116 Å². The van der Waals surface area contributed by atoms with Gasteiger partial charge >= 0.3 is 12.1 Å². The molecule has 1 saturated carbocycles. The number of alkyl carbamates (subject to hydrolysis) is 1. The Balaban J connectivity index is 1.24. The number of carboxylic acid groups (broad SMARTS) is 1. The maximum Gasteiger partial charge on any atom is 0.408 e. The summed E-state index contributed by atoms with van der Waals surface area (Å²) in [6, 6.07) is 16.1. The Labute approximate surface area is 184 Å². The molecule has 0 spiro atoms. The fourth-order valence-corrected chi connectivity index (χ4v) is 4.92. The van der Waals surface area contributed by atoms with E-state index in [0.29, 0.717) is 12.8 Å². The van der Waals surface area contributed by atoms with Crippen molar-refractivity contribution < 1.29 is 29.3 Å². The van der Waals surface area contributed by atoms with Crippen molar-refractivity contribution in [1.82, 2.24) is 10.2 Å². The molecule has 8 heteroatoms. The molecule has 0 atom stereocenters. The van der Waals surface area contributed by atoms with Gasteiger partial charge in [0.2, 0.25) is 5.91 Å². The van der Waals surface area contributed by atoms with Crippen LogP contribution >= 0.6 is 0 Å². The number of nitrogens with one attached hydrogen (secondary N) is 1. The maximum absolute atomic E-state index is 12.9. The molecule has 8 nitrogen and oxygen atoms in total. The smallest absolute Gasteiger partial charge is 0.408 e. The van der Waals surface area contributed by atoms with E-state index in [1.54, 1.807) is 0 Å². The Morgan fingerprint density at radius 1 is 1.00 bits per heavy atom. The Morgan fingerprint density at radius 3 is 2.06 bits per heavy atom. The predicted octanol–water partition coefficient (Wildman–Crippen LogP) is 2.11. The summed E-state index contributed by atoms with van der Waals surface area (Å²) in [7, 11) is 0. The number of carboxylic acids is 1. The first kappa shape index (κ1) is 20.5. The number of benzene rings is 2. The van der Waals surface area contributed by atoms with Crippen molar-refractivity contribution in [2.24, 2.45) is 0 Å². The van der Waals surface area contributed by atoms with E-state index in [4.69, 9.17) is 9.84 Å². The molecular formula is C24H24N2O6. The first-order valence-corrected chi connectivity index (χ1v) is 10.7. The van der Waals surface area contributed by atoms with E-state index in [1.165, 1.54) is 4.90 Å². The first-order valence-electron chi connectivity index (χ1n) is 10.7. The van der Waals surface area contributed by atoms with Gasteiger partial charge in [0, 0.05) is 5.92 Å². The number of hydrogen-bond donors (Lipinski definition) is 3. The number of β-amino-alcohol motifs (C(OH)–C–C–N with tert-alkyl or cyclic N) is 1. The van der Waals surface area contributed by atoms with E-state index in [0.717, 1.165) is 28.7 Å². The van der Waals surface area contributed by atoms with E-state index in [9.17, 15) is 19.5 Å². The van der Waals surface area contributed by atoms with Gasteiger partial charge in [-0.3, -0.25) is 4.79 Å². The van der Waals surface area contributed by atoms with Crippen molar-refractivity contribution in [3.63, 3.8) is 0 Å². The van der Waals surface area contributed by atoms with Crippen LogP contribution < -0.4 is 5.32 Å². The number of carbonyl (C=O) groups excluding carboxylic acids is 2. The molecule has 0 aromatic heterocycles. The molecule has 2 aromatic rings. The quantitative estimate of drug-likeness (QED) is 0.661. The van der Waals surface area contributed by atoms with Gasteiger partial charge in [-0.25, -0.2) is 9.59 Å². The number of amides is 2. The van der Waals surface area contributed by atoms with Crippen LogP contribution in [0.5, 0.6) is 0 Å². The average molecular weight is 436 g/mol. The lowest BCUT2D eigenvalue weighted by molar-refractivity contribution is -0.185. The molecule has 166 valence electrons. The largest absolute Gasteiger partial charge is 0.479 e. The number of rotatable bonds is 5. The fraction of sp³-hybridized carbons (Fsp3) is 0.375. The number of ether oxygens (including phenoxy) is 1. The second kappa shape index (κ2) is 7.34. The van der Waals surface area contributed by atoms with Gasteiger partial charge in [-0.05, 0) is 41.5 Å². The third kappa shape index (κ3) is 3.14. The Bertz CT molecular complexity index is 1060. The minimum absolute atomic E-state index is 0.0813. The molecule has 2 aromatic carbocycles. The molecule has 3 N–H and O–H groups in total. The summed E-state index contributed by atoms with van der Waals surface area (Å²) in [5.41, 5.74) is 1.46. The van der Waals surface area contributed by atoms with Gasteiger partial charge in [0.1, 0.15) is 12.1 Å². The highest BCUT2D eigenvalue weighted by Gasteiger charge is 2.56. The third-order valence-electron chi connectivity index (χ3n) is 6.89. The van der Waals surface area contributed by atoms with Crippen LogP contribution in [0.15, 0.2) is 48.5 Å². The number of fused-ring (bicyclic) bond motifs is 3. The SMILES string of the molecule is O=C(NC1(C(=O)N2CC(O)(C(=O)O)C2)CCC1)OCC1c2ccccc2-c2ccccc21. The van der Waals surface area contributed by atoms with E-state index >= 15 is 0 Å². The monoisotopic (exact) mass is 436 g/mol. The van der Waals surface area contributed by atoms with E-state index in [2.05, 4.69) is 17.4 Å². The molecule has 2 amide bonds. The van der Waals surface area contributed by atoms with Crippen LogP contribution in [-0.2, 0) is 14.3 Å². The van der Waals surface area contributed by atoms with Crippen LogP contribution in [0.2, 0.25) is 0 Å². The molecule has 0 radical (unpaired) electrons. The number of hydrogen-bond acceptors (Lipinski definition) is 5. The summed E-state index contributed by atoms with van der Waals surface area (Å²) in [6.45, 7) is -0.419. The predicted molar refractivity (Wildman–Crippen MR) is 114 cm³/mol. The van der Waals surface area contributed by atoms with Crippen LogP contribution in [0.25, 0.3) is 11.1 Å². The van der Waals surface area contributed by atoms with Gasteiger partial charge in [-0.2, -0.15) is 0 Å². The fourth-order valence-electron chi connectivity index (χ4n) is 4.92. The van der Waals surface area contributed by atoms with Gasteiger partial charge in [-0.15, -0.1) is 0 Å². The summed E-state index contributed by atoms with van der Waals surface area (Å²) >= 11 is 0. The Morgan fingerprint density at radius 2 is 1.56 bits per heavy atom. The van der Waals surface area contributed by atoms with Crippen LogP contribution in [-0.4, -0.2) is 63.9 Å². The van der Waals surface area contributed by atoms with Crippen LogP contribution in [0, 0.1) is 0 Å². The van der Waals surface area contributed by atoms with Gasteiger partial charge in [0.25, 0.3) is 0 Å². The molecular weight excluding hydrogens is 412 g/mol. The van der Waals surface area contributed by atoms with Crippen molar-refractivity contribution in [1.29, 1.82) is 0 Å². The lowest BCUT2D eigenvalue weighted by Gasteiger charge is -2.50. The van der Waals surface area contributed by atoms with Crippen molar-refractivity contribution in [2.45, 2.75) is 36.3 Å². The minimum atomic E-state index is -1.91. The molecule has 2 aliphatic carbocycles. The number of carbonyl (C=O) groups is 3. The van der Waals surface area contributed by atoms with Crippen LogP contribution in [0.3, 0.4) is 0 Å². The van der Waals surface area contributed by atoms with Crippen molar-refractivity contribution in [2.75, 3.05) is 19.7 Å². The molecule has 0 unspecified atom stereocenters. The van der Waals surface area contributed by atoms with Gasteiger partial charge in [0.05, 0.1) is 13.1 Å². The van der Waals surface area contributed by atoms with Crippen molar-refractivity contribution in [3.05, 3.63) is 59.7 Å². The summed E-state index contributed by atoms with van der Waals surface area (Å²) in [5, 5.41) is 21.7. The summed E-state index contributed by atoms with van der Waals surface area (Å²) in [6.07, 6.45) is 1.01. The molecule has 32 heavy (non-hydrogen) atoms. The maximum atomic E-state index is 12.9. The molecule has 0 bridgehead atoms. The number of nitrogens with zero attached hydrogens (tertiary/aromatic N) is 1. The van der Waals surface area contributed by atoms with Gasteiger partial charge < -0.3 is 25.2 Å². The second-order valence-electron chi connectivity index (χ2n) is 8.88. The number of likely N-dealkylation sites (tertiary alicyclic amines) is 1. The Kier molecular flexibility index (Phi) is 4.70. The highest BCUT2D eigenvalue weighted by Crippen LogP contribution is 2.44. The second-order valence-corrected chi connectivity index (χ2v) is 8.88. The van der Waals surface area contributed by atoms with Crippen LogP contribution in [0.4, 0.5) is 4.79 Å². The zero-order valence-corrected chi connectivity index (χ0v) is 17.4. The zero-order chi connectivity index (χ0) is 22.5. The van der Waals surface area contributed by atoms with Crippen molar-refractivity contribution in [3.8, 4) is 11.1 Å². The average Bonchev–Trinajstić information content (AvgIpc) is 3.06. The minimum Gasteiger partial charge on any atom is -0.479 e. The summed E-state index contributed by atoms with van der Waals surface area (Å²) in [4.78, 5) is 37.9. The number of aliphatic carboxylic acids is 1. The zero-order valence-electron chi connectivity index (χ0n) is 17.4. The number of aliphatic hydroxyl groups is 1. The third-order valence-corrected chi connectivity index (χ3v) is 6.89. The highest BCUT2D eigenvalue weighted by molar-refractivity contribution is 5.93. The normalized spacial score (nSPS) is 19.7. The van der Waals surface area contributed by atoms with Gasteiger partial charge in [0.15, 0.2) is 5.60 Å². The van der Waals surface area contributed by atoms with E-state index < -0.39 is 23.2 Å². The van der Waals surface area contributed by atoms with Gasteiger partial charge in [-0.1, -0.05) is 48.5 Å². The lowest BCUT2D eigenvalue weighted by atomic mass is 9.74. The highest BCUT2D eigenvalue weighted by atomic mass is 16.5. The summed E-state index contributed by atoms with van der Waals surface area (Å²) in [5.74, 6) is -1.81. The standard InChI is InChI=1S/C24H24N2O6/c27-20(26-13-24(31,14-26)21(28)29)23(10-5-11-23)25-22(30)32-12-19-17-8-3-1-6-15(17)16-7-2-4-9-18(16)19/h1-4,6-9,19,31H,5,10-14H2,(H,25,30)(H,28,29).